The highest BCUT2D eigenvalue weighted by Gasteiger charge is 2.24. The number of halogens is 1. The molecule has 3 atom stereocenters. The maximum absolute atomic E-state index is 10.1. The van der Waals surface area contributed by atoms with E-state index in [1.54, 1.807) is 12.1 Å². The number of aliphatic hydroxyl groups is 2. The highest BCUT2D eigenvalue weighted by molar-refractivity contribution is 6.30. The smallest absolute Gasteiger partial charge is 0.0802 e. The third kappa shape index (κ3) is 4.18. The SMILES string of the molecule is CC1CCN(CCC(O)c2cccc(Cl)c2)CC1O. The van der Waals surface area contributed by atoms with Crippen LogP contribution < -0.4 is 0 Å². The monoisotopic (exact) mass is 283 g/mol. The molecule has 106 valence electrons. The quantitative estimate of drug-likeness (QED) is 0.892. The van der Waals surface area contributed by atoms with Crippen molar-refractivity contribution in [2.45, 2.75) is 32.0 Å². The summed E-state index contributed by atoms with van der Waals surface area (Å²) in [6, 6.07) is 7.36. The summed E-state index contributed by atoms with van der Waals surface area (Å²) in [6.45, 7) is 4.60. The summed E-state index contributed by atoms with van der Waals surface area (Å²) >= 11 is 5.92. The maximum Gasteiger partial charge on any atom is 0.0802 e. The average molecular weight is 284 g/mol. The van der Waals surface area contributed by atoms with Crippen LogP contribution in [-0.2, 0) is 0 Å². The first-order valence-electron chi connectivity index (χ1n) is 6.90. The van der Waals surface area contributed by atoms with Crippen LogP contribution in [0.15, 0.2) is 24.3 Å². The molecule has 0 saturated carbocycles. The topological polar surface area (TPSA) is 43.7 Å². The molecule has 1 fully saturated rings. The second-order valence-corrected chi connectivity index (χ2v) is 5.93. The zero-order valence-corrected chi connectivity index (χ0v) is 12.1. The summed E-state index contributed by atoms with van der Waals surface area (Å²) in [4.78, 5) is 2.22. The first-order valence-corrected chi connectivity index (χ1v) is 7.28. The molecule has 0 aliphatic carbocycles. The summed E-state index contributed by atoms with van der Waals surface area (Å²) in [5.41, 5.74) is 0.860. The van der Waals surface area contributed by atoms with Crippen molar-refractivity contribution >= 4 is 11.6 Å². The Morgan fingerprint density at radius 2 is 2.26 bits per heavy atom. The molecule has 3 unspecified atom stereocenters. The predicted molar refractivity (Wildman–Crippen MR) is 77.3 cm³/mol. The maximum atomic E-state index is 10.1. The third-order valence-corrected chi connectivity index (χ3v) is 4.19. The molecule has 0 radical (unpaired) electrons. The summed E-state index contributed by atoms with van der Waals surface area (Å²) in [6.07, 6.45) is 0.961. The molecule has 4 heteroatoms. The van der Waals surface area contributed by atoms with E-state index >= 15 is 0 Å². The summed E-state index contributed by atoms with van der Waals surface area (Å²) in [5.74, 6) is 0.383. The Labute approximate surface area is 119 Å². The fourth-order valence-electron chi connectivity index (χ4n) is 2.50. The highest BCUT2D eigenvalue weighted by Crippen LogP contribution is 2.22. The second kappa shape index (κ2) is 6.71. The molecule has 1 heterocycles. The van der Waals surface area contributed by atoms with E-state index in [9.17, 15) is 10.2 Å². The van der Waals surface area contributed by atoms with Gasteiger partial charge in [0.2, 0.25) is 0 Å². The van der Waals surface area contributed by atoms with Crippen molar-refractivity contribution in [1.29, 1.82) is 0 Å². The van der Waals surface area contributed by atoms with E-state index in [1.165, 1.54) is 0 Å². The van der Waals surface area contributed by atoms with Gasteiger partial charge in [0, 0.05) is 18.1 Å². The molecule has 1 aromatic rings. The highest BCUT2D eigenvalue weighted by atomic mass is 35.5. The number of benzene rings is 1. The lowest BCUT2D eigenvalue weighted by Gasteiger charge is -2.34. The molecule has 1 aliphatic rings. The van der Waals surface area contributed by atoms with Gasteiger partial charge >= 0.3 is 0 Å². The average Bonchev–Trinajstić information content (AvgIpc) is 2.40. The largest absolute Gasteiger partial charge is 0.392 e. The molecule has 0 bridgehead atoms. The van der Waals surface area contributed by atoms with Gasteiger partial charge in [-0.15, -0.1) is 0 Å². The number of piperidine rings is 1. The Bertz CT molecular complexity index is 413. The molecule has 1 aromatic carbocycles. The van der Waals surface area contributed by atoms with E-state index in [0.717, 1.165) is 25.1 Å². The Hall–Kier alpha value is -0.610. The molecule has 2 N–H and O–H groups in total. The summed E-state index contributed by atoms with van der Waals surface area (Å²) < 4.78 is 0. The van der Waals surface area contributed by atoms with Crippen LogP contribution in [0.25, 0.3) is 0 Å². The Morgan fingerprint density at radius 3 is 2.95 bits per heavy atom. The van der Waals surface area contributed by atoms with E-state index in [4.69, 9.17) is 11.6 Å². The first-order chi connectivity index (χ1) is 9.06. The fourth-order valence-corrected chi connectivity index (χ4v) is 2.70. The number of rotatable bonds is 4. The first kappa shape index (κ1) is 14.8. The van der Waals surface area contributed by atoms with E-state index in [-0.39, 0.29) is 6.10 Å². The van der Waals surface area contributed by atoms with Crippen LogP contribution in [0.1, 0.15) is 31.4 Å². The van der Waals surface area contributed by atoms with Crippen LogP contribution in [0.5, 0.6) is 0 Å². The third-order valence-electron chi connectivity index (χ3n) is 3.95. The van der Waals surface area contributed by atoms with Gasteiger partial charge in [-0.05, 0) is 43.0 Å². The lowest BCUT2D eigenvalue weighted by atomic mass is 9.95. The van der Waals surface area contributed by atoms with Gasteiger partial charge in [-0.1, -0.05) is 30.7 Å². The molecule has 19 heavy (non-hydrogen) atoms. The zero-order valence-electron chi connectivity index (χ0n) is 11.3. The van der Waals surface area contributed by atoms with Crippen LogP contribution in [0.3, 0.4) is 0 Å². The molecule has 0 spiro atoms. The van der Waals surface area contributed by atoms with Gasteiger partial charge < -0.3 is 15.1 Å². The van der Waals surface area contributed by atoms with Crippen molar-refractivity contribution in [3.8, 4) is 0 Å². The van der Waals surface area contributed by atoms with Gasteiger partial charge in [0.05, 0.1) is 12.2 Å². The van der Waals surface area contributed by atoms with Crippen LogP contribution in [0.2, 0.25) is 5.02 Å². The minimum absolute atomic E-state index is 0.239. The van der Waals surface area contributed by atoms with Gasteiger partial charge in [-0.25, -0.2) is 0 Å². The molecular formula is C15H22ClNO2. The molecule has 0 amide bonds. The normalized spacial score (nSPS) is 26.3. The van der Waals surface area contributed by atoms with Gasteiger partial charge in [-0.2, -0.15) is 0 Å². The number of nitrogens with zero attached hydrogens (tertiary/aromatic N) is 1. The number of β-amino-alcohol motifs (C(OH)–C–C–N with tert-alkyl or cyclic N) is 1. The number of hydrogen-bond donors (Lipinski definition) is 2. The van der Waals surface area contributed by atoms with Crippen molar-refractivity contribution in [3.05, 3.63) is 34.9 Å². The van der Waals surface area contributed by atoms with Gasteiger partial charge in [-0.3, -0.25) is 0 Å². The van der Waals surface area contributed by atoms with Gasteiger partial charge in [0.1, 0.15) is 0 Å². The minimum atomic E-state index is -0.491. The molecular weight excluding hydrogens is 262 g/mol. The number of aliphatic hydroxyl groups excluding tert-OH is 2. The van der Waals surface area contributed by atoms with E-state index in [0.29, 0.717) is 23.9 Å². The van der Waals surface area contributed by atoms with Crippen LogP contribution in [0, 0.1) is 5.92 Å². The van der Waals surface area contributed by atoms with E-state index in [1.807, 2.05) is 12.1 Å². The van der Waals surface area contributed by atoms with E-state index < -0.39 is 6.10 Å². The number of hydrogen-bond acceptors (Lipinski definition) is 3. The van der Waals surface area contributed by atoms with Gasteiger partial charge in [0.25, 0.3) is 0 Å². The van der Waals surface area contributed by atoms with Crippen molar-refractivity contribution in [2.75, 3.05) is 19.6 Å². The zero-order chi connectivity index (χ0) is 13.8. The van der Waals surface area contributed by atoms with Crippen LogP contribution in [-0.4, -0.2) is 40.9 Å². The Balaban J connectivity index is 1.82. The molecule has 3 nitrogen and oxygen atoms in total. The molecule has 1 saturated heterocycles. The van der Waals surface area contributed by atoms with Gasteiger partial charge in [0.15, 0.2) is 0 Å². The van der Waals surface area contributed by atoms with Crippen molar-refractivity contribution in [3.63, 3.8) is 0 Å². The Morgan fingerprint density at radius 1 is 1.47 bits per heavy atom. The lowest BCUT2D eigenvalue weighted by molar-refractivity contribution is 0.0226. The summed E-state index contributed by atoms with van der Waals surface area (Å²) in [7, 11) is 0. The van der Waals surface area contributed by atoms with Crippen molar-refractivity contribution in [1.82, 2.24) is 4.90 Å². The number of likely N-dealkylation sites (tertiary alicyclic amines) is 1. The molecule has 0 aromatic heterocycles. The fraction of sp³-hybridized carbons (Fsp3) is 0.600. The summed E-state index contributed by atoms with van der Waals surface area (Å²) in [5, 5.41) is 20.6. The van der Waals surface area contributed by atoms with E-state index in [2.05, 4.69) is 11.8 Å². The van der Waals surface area contributed by atoms with Crippen LogP contribution >= 0.6 is 11.6 Å². The van der Waals surface area contributed by atoms with Crippen molar-refractivity contribution < 1.29 is 10.2 Å². The minimum Gasteiger partial charge on any atom is -0.392 e. The second-order valence-electron chi connectivity index (χ2n) is 5.49. The predicted octanol–water partition coefficient (Wildman–Crippen LogP) is 2.47. The molecule has 2 rings (SSSR count). The van der Waals surface area contributed by atoms with Crippen LogP contribution in [0.4, 0.5) is 0 Å². The Kier molecular flexibility index (Phi) is 5.22. The standard InChI is InChI=1S/C15H22ClNO2/c1-11-5-7-17(10-15(11)19)8-6-14(18)12-3-2-4-13(16)9-12/h2-4,9,11,14-15,18-19H,5-8,10H2,1H3. The molecule has 1 aliphatic heterocycles. The lowest BCUT2D eigenvalue weighted by Crippen LogP contribution is -2.43. The van der Waals surface area contributed by atoms with Crippen molar-refractivity contribution in [2.24, 2.45) is 5.92 Å².